The zero-order chi connectivity index (χ0) is 14.9. The highest BCUT2D eigenvalue weighted by Crippen LogP contribution is 2.11. The van der Waals surface area contributed by atoms with Crippen LogP contribution in [0.1, 0.15) is 6.42 Å². The summed E-state index contributed by atoms with van der Waals surface area (Å²) < 4.78 is 10.6. The Hall–Kier alpha value is -2.57. The summed E-state index contributed by atoms with van der Waals surface area (Å²) in [5.41, 5.74) is 0. The third kappa shape index (κ3) is 4.79. The Morgan fingerprint density at radius 3 is 2.52 bits per heavy atom. The van der Waals surface area contributed by atoms with Gasteiger partial charge in [-0.15, -0.1) is 0 Å². The fourth-order valence-corrected chi connectivity index (χ4v) is 1.62. The smallest absolute Gasteiger partial charge is 0.322 e. The zero-order valence-corrected chi connectivity index (χ0v) is 12.2. The molecule has 112 valence electrons. The lowest BCUT2D eigenvalue weighted by Crippen LogP contribution is -2.11. The summed E-state index contributed by atoms with van der Waals surface area (Å²) in [6, 6.07) is 10.0. The van der Waals surface area contributed by atoms with Crippen molar-refractivity contribution in [3.63, 3.8) is 0 Å². The molecule has 0 saturated heterocycles. The first-order valence-corrected chi connectivity index (χ1v) is 6.71. The highest BCUT2D eigenvalue weighted by Gasteiger charge is 2.04. The molecule has 2 N–H and O–H groups in total. The predicted octanol–water partition coefficient (Wildman–Crippen LogP) is 1.80. The SMILES string of the molecule is CNc1nc(NCCCOc2ccccc2)nc(OC)n1. The van der Waals surface area contributed by atoms with Gasteiger partial charge in [-0.2, -0.15) is 15.0 Å². The van der Waals surface area contributed by atoms with E-state index >= 15 is 0 Å². The molecule has 1 aromatic carbocycles. The number of hydrogen-bond donors (Lipinski definition) is 2. The molecule has 1 heterocycles. The fourth-order valence-electron chi connectivity index (χ4n) is 1.62. The summed E-state index contributed by atoms with van der Waals surface area (Å²) in [6.07, 6.45) is 0.831. The van der Waals surface area contributed by atoms with E-state index in [1.165, 1.54) is 7.11 Å². The lowest BCUT2D eigenvalue weighted by Gasteiger charge is -2.08. The minimum absolute atomic E-state index is 0.275. The van der Waals surface area contributed by atoms with Crippen molar-refractivity contribution in [2.24, 2.45) is 0 Å². The molecule has 0 fully saturated rings. The Kier molecular flexibility index (Phi) is 5.57. The Morgan fingerprint density at radius 1 is 1.05 bits per heavy atom. The second-order valence-electron chi connectivity index (χ2n) is 4.16. The van der Waals surface area contributed by atoms with E-state index in [-0.39, 0.29) is 6.01 Å². The van der Waals surface area contributed by atoms with Crippen LogP contribution in [-0.4, -0.2) is 42.3 Å². The van der Waals surface area contributed by atoms with Gasteiger partial charge < -0.3 is 20.1 Å². The summed E-state index contributed by atoms with van der Waals surface area (Å²) >= 11 is 0. The van der Waals surface area contributed by atoms with E-state index in [0.717, 1.165) is 12.2 Å². The molecule has 2 aromatic rings. The van der Waals surface area contributed by atoms with Gasteiger partial charge in [0.2, 0.25) is 11.9 Å². The molecule has 0 aliphatic rings. The van der Waals surface area contributed by atoms with E-state index < -0.39 is 0 Å². The Bertz CT molecular complexity index is 528. The first-order chi connectivity index (χ1) is 10.3. The maximum atomic E-state index is 5.60. The Balaban J connectivity index is 1.75. The van der Waals surface area contributed by atoms with Gasteiger partial charge in [0.1, 0.15) is 5.75 Å². The third-order valence-corrected chi connectivity index (χ3v) is 2.64. The van der Waals surface area contributed by atoms with Crippen LogP contribution in [0.2, 0.25) is 0 Å². The largest absolute Gasteiger partial charge is 0.494 e. The molecular formula is C14H19N5O2. The van der Waals surface area contributed by atoms with Crippen molar-refractivity contribution in [3.05, 3.63) is 30.3 Å². The van der Waals surface area contributed by atoms with Crippen LogP contribution in [0.15, 0.2) is 30.3 Å². The standard InChI is InChI=1S/C14H19N5O2/c1-15-12-17-13(19-14(18-12)20-2)16-9-6-10-21-11-7-4-3-5-8-11/h3-5,7-8H,6,9-10H2,1-2H3,(H2,15,16,17,18,19). The number of hydrogen-bond acceptors (Lipinski definition) is 7. The second-order valence-corrected chi connectivity index (χ2v) is 4.16. The highest BCUT2D eigenvalue weighted by atomic mass is 16.5. The number of para-hydroxylation sites is 1. The van der Waals surface area contributed by atoms with Crippen molar-refractivity contribution in [2.75, 3.05) is 37.9 Å². The second kappa shape index (κ2) is 7.88. The summed E-state index contributed by atoms with van der Waals surface area (Å²) in [5, 5.41) is 5.98. The predicted molar refractivity (Wildman–Crippen MR) is 81.0 cm³/mol. The van der Waals surface area contributed by atoms with Gasteiger partial charge in [0.25, 0.3) is 0 Å². The molecule has 0 bridgehead atoms. The van der Waals surface area contributed by atoms with Gasteiger partial charge in [0.05, 0.1) is 13.7 Å². The van der Waals surface area contributed by atoms with Crippen LogP contribution in [0.5, 0.6) is 11.8 Å². The van der Waals surface area contributed by atoms with E-state index in [0.29, 0.717) is 25.0 Å². The molecule has 7 nitrogen and oxygen atoms in total. The number of aromatic nitrogens is 3. The van der Waals surface area contributed by atoms with E-state index in [1.54, 1.807) is 7.05 Å². The van der Waals surface area contributed by atoms with Gasteiger partial charge in [-0.25, -0.2) is 0 Å². The van der Waals surface area contributed by atoms with Gasteiger partial charge in [-0.3, -0.25) is 0 Å². The third-order valence-electron chi connectivity index (χ3n) is 2.64. The van der Waals surface area contributed by atoms with Crippen molar-refractivity contribution < 1.29 is 9.47 Å². The minimum Gasteiger partial charge on any atom is -0.494 e. The molecule has 2 rings (SSSR count). The van der Waals surface area contributed by atoms with Crippen molar-refractivity contribution in [1.29, 1.82) is 0 Å². The van der Waals surface area contributed by atoms with Crippen molar-refractivity contribution in [3.8, 4) is 11.8 Å². The number of methoxy groups -OCH3 is 1. The van der Waals surface area contributed by atoms with Crippen molar-refractivity contribution in [2.45, 2.75) is 6.42 Å². The van der Waals surface area contributed by atoms with Gasteiger partial charge in [-0.1, -0.05) is 18.2 Å². The molecule has 7 heteroatoms. The topological polar surface area (TPSA) is 81.2 Å². The minimum atomic E-state index is 0.275. The number of rotatable bonds is 8. The fraction of sp³-hybridized carbons (Fsp3) is 0.357. The van der Waals surface area contributed by atoms with Gasteiger partial charge in [0, 0.05) is 13.6 Å². The van der Waals surface area contributed by atoms with Gasteiger partial charge in [-0.05, 0) is 18.6 Å². The Morgan fingerprint density at radius 2 is 1.81 bits per heavy atom. The van der Waals surface area contributed by atoms with Crippen molar-refractivity contribution >= 4 is 11.9 Å². The van der Waals surface area contributed by atoms with E-state index in [2.05, 4.69) is 25.6 Å². The molecule has 0 unspecified atom stereocenters. The summed E-state index contributed by atoms with van der Waals surface area (Å²) in [7, 11) is 3.26. The number of benzene rings is 1. The van der Waals surface area contributed by atoms with Crippen LogP contribution < -0.4 is 20.1 Å². The van der Waals surface area contributed by atoms with Crippen LogP contribution in [0.25, 0.3) is 0 Å². The van der Waals surface area contributed by atoms with Crippen molar-refractivity contribution in [1.82, 2.24) is 15.0 Å². The monoisotopic (exact) mass is 289 g/mol. The lowest BCUT2D eigenvalue weighted by molar-refractivity contribution is 0.315. The average molecular weight is 289 g/mol. The molecule has 0 saturated carbocycles. The molecule has 1 aromatic heterocycles. The van der Waals surface area contributed by atoms with E-state index in [4.69, 9.17) is 9.47 Å². The number of nitrogens with one attached hydrogen (secondary N) is 2. The Labute approximate surface area is 123 Å². The molecule has 0 aliphatic heterocycles. The first-order valence-electron chi connectivity index (χ1n) is 6.71. The lowest BCUT2D eigenvalue weighted by atomic mass is 10.3. The molecule has 0 atom stereocenters. The average Bonchev–Trinajstić information content (AvgIpc) is 2.55. The van der Waals surface area contributed by atoms with Crippen LogP contribution >= 0.6 is 0 Å². The maximum absolute atomic E-state index is 5.60. The number of nitrogens with zero attached hydrogens (tertiary/aromatic N) is 3. The highest BCUT2D eigenvalue weighted by molar-refractivity contribution is 5.35. The first kappa shape index (κ1) is 14.8. The van der Waals surface area contributed by atoms with Crippen LogP contribution in [0.3, 0.4) is 0 Å². The zero-order valence-electron chi connectivity index (χ0n) is 12.2. The molecule has 0 amide bonds. The van der Waals surface area contributed by atoms with Crippen LogP contribution in [-0.2, 0) is 0 Å². The molecule has 0 spiro atoms. The number of ether oxygens (including phenoxy) is 2. The quantitative estimate of drug-likeness (QED) is 0.717. The summed E-state index contributed by atoms with van der Waals surface area (Å²) in [6.45, 7) is 1.32. The normalized spacial score (nSPS) is 10.0. The number of anilines is 2. The van der Waals surface area contributed by atoms with Gasteiger partial charge >= 0.3 is 6.01 Å². The molecular weight excluding hydrogens is 270 g/mol. The van der Waals surface area contributed by atoms with E-state index in [9.17, 15) is 0 Å². The molecule has 21 heavy (non-hydrogen) atoms. The summed E-state index contributed by atoms with van der Waals surface area (Å²) in [4.78, 5) is 12.3. The van der Waals surface area contributed by atoms with E-state index in [1.807, 2.05) is 30.3 Å². The van der Waals surface area contributed by atoms with Crippen LogP contribution in [0, 0.1) is 0 Å². The molecule has 0 radical (unpaired) electrons. The van der Waals surface area contributed by atoms with Gasteiger partial charge in [0.15, 0.2) is 0 Å². The summed E-state index contributed by atoms with van der Waals surface area (Å²) in [5.74, 6) is 1.81. The maximum Gasteiger partial charge on any atom is 0.322 e. The van der Waals surface area contributed by atoms with Crippen LogP contribution in [0.4, 0.5) is 11.9 Å². The molecule has 0 aliphatic carbocycles.